The van der Waals surface area contributed by atoms with Gasteiger partial charge in [-0.15, -0.1) is 6.54 Å². The van der Waals surface area contributed by atoms with Gasteiger partial charge in [0.05, 0.1) is 6.10 Å². The van der Waals surface area contributed by atoms with Crippen LogP contribution in [0.3, 0.4) is 0 Å². The van der Waals surface area contributed by atoms with E-state index in [1.165, 1.54) is 82.8 Å². The Kier molecular flexibility index (Phi) is 39.5. The van der Waals surface area contributed by atoms with Gasteiger partial charge in [0.1, 0.15) is 66.3 Å². The molecule has 0 aliphatic carbocycles. The van der Waals surface area contributed by atoms with E-state index < -0.39 is 149 Å². The molecule has 91 heavy (non-hydrogen) atoms. The Bertz CT molecular complexity index is 2410. The van der Waals surface area contributed by atoms with Gasteiger partial charge < -0.3 is 82.2 Å². The molecule has 522 valence electrons. The van der Waals surface area contributed by atoms with Gasteiger partial charge in [0.15, 0.2) is 0 Å². The zero-order valence-corrected chi connectivity index (χ0v) is 63.0. The van der Waals surface area contributed by atoms with Crippen LogP contribution in [0.5, 0.6) is 0 Å². The van der Waals surface area contributed by atoms with Crippen LogP contribution in [0.4, 0.5) is 0 Å². The SMILES string of the molecule is CC=CC[C@@H](C)[C@@H](O)[C@H]1C(=O)N[C@@H](CC)C(=O)N(C)[CH-]C(=O)N(C)[C@@H](CN(C)C)C(=O)N[C@@H](C(C)C)C(=O)N(C)[C@@H](CC(C)C)C(=O)N[C@@H](C)C(=O)N[C@H](C)C(=O)N(C)[C@@H](CC(C)C)C(=O)N(C)[C@@H](CC(C)C)C(=O)N(C)[C@@H](C(C)C)C(=O)N1C.[CH2-]CN(C)C.[W+2]. The van der Waals surface area contributed by atoms with Crippen LogP contribution in [0, 0.1) is 49.0 Å². The van der Waals surface area contributed by atoms with Gasteiger partial charge in [-0.3, -0.25) is 47.9 Å². The molecule has 0 aromatic rings. The van der Waals surface area contributed by atoms with Crippen LogP contribution >= 0.6 is 0 Å². The minimum absolute atomic E-state index is 0. The topological polar surface area (TPSA) is 285 Å². The summed E-state index contributed by atoms with van der Waals surface area (Å²) in [5.41, 5.74) is 0. The first-order chi connectivity index (χ1) is 41.5. The quantitative estimate of drug-likeness (QED) is 0.110. The first kappa shape index (κ1) is 87.4. The third kappa shape index (κ3) is 26.7. The summed E-state index contributed by atoms with van der Waals surface area (Å²) in [6.45, 7) is 31.5. The molecule has 1 aliphatic heterocycles. The number of likely N-dealkylation sites (N-methyl/N-ethyl adjacent to an activating group) is 8. The van der Waals surface area contributed by atoms with Crippen molar-refractivity contribution in [3.8, 4) is 0 Å². The third-order valence-electron chi connectivity index (χ3n) is 16.2. The number of carbonyl (C=O) groups excluding carboxylic acids is 11. The number of nitrogens with one attached hydrogen (secondary N) is 4. The minimum Gasteiger partial charge on any atom is -0.469 e. The van der Waals surface area contributed by atoms with Gasteiger partial charge in [-0.25, -0.2) is 6.54 Å². The molecule has 25 nitrogen and oxygen atoms in total. The smallest absolute Gasteiger partial charge is 0.469 e. The number of nitrogens with zero attached hydrogens (tertiary/aromatic N) is 9. The van der Waals surface area contributed by atoms with Crippen molar-refractivity contribution in [1.82, 2.24) is 65.4 Å². The maximum Gasteiger partial charge on any atom is 2.00 e. The average molecular weight is 1460 g/mol. The van der Waals surface area contributed by atoms with Crippen molar-refractivity contribution in [2.75, 3.05) is 90.6 Å². The van der Waals surface area contributed by atoms with E-state index in [1.807, 2.05) is 60.5 Å². The van der Waals surface area contributed by atoms with Crippen LogP contribution in [0.1, 0.15) is 136 Å². The molecular formula is C65H119N13O12W. The van der Waals surface area contributed by atoms with Crippen LogP contribution in [0.2, 0.25) is 0 Å². The molecule has 12 atom stereocenters. The molecule has 0 bridgehead atoms. The number of aliphatic hydroxyl groups excluding tert-OH is 1. The van der Waals surface area contributed by atoms with Gasteiger partial charge in [0.2, 0.25) is 59.1 Å². The Morgan fingerprint density at radius 3 is 1.37 bits per heavy atom. The largest absolute Gasteiger partial charge is 2.00 e. The van der Waals surface area contributed by atoms with E-state index in [-0.39, 0.29) is 71.0 Å². The number of amides is 11. The van der Waals surface area contributed by atoms with E-state index in [9.17, 15) is 48.3 Å². The Balaban J connectivity index is 0. The molecule has 1 rings (SSSR count). The first-order valence-electron chi connectivity index (χ1n) is 31.8. The van der Waals surface area contributed by atoms with E-state index in [1.54, 1.807) is 79.6 Å². The molecule has 26 heteroatoms. The summed E-state index contributed by atoms with van der Waals surface area (Å²) in [6, 6.07) is -12.6. The number of carbonyl (C=O) groups is 11. The summed E-state index contributed by atoms with van der Waals surface area (Å²) in [5, 5.41) is 23.0. The van der Waals surface area contributed by atoms with Crippen molar-refractivity contribution < 1.29 is 78.9 Å². The Labute approximate surface area is 560 Å². The summed E-state index contributed by atoms with van der Waals surface area (Å²) in [4.78, 5) is 172. The van der Waals surface area contributed by atoms with Gasteiger partial charge in [0, 0.05) is 48.8 Å². The molecular weight excluding hydrogens is 1340 g/mol. The molecule has 1 aliphatic rings. The van der Waals surface area contributed by atoms with Crippen molar-refractivity contribution in [1.29, 1.82) is 0 Å². The van der Waals surface area contributed by atoms with Crippen LogP contribution < -0.4 is 21.3 Å². The van der Waals surface area contributed by atoms with Crippen molar-refractivity contribution in [3.63, 3.8) is 0 Å². The number of hydrogen-bond acceptors (Lipinski definition) is 14. The van der Waals surface area contributed by atoms with Gasteiger partial charge in [-0.05, 0) is 124 Å². The maximum absolute atomic E-state index is 15.1. The second kappa shape index (κ2) is 41.1. The minimum atomic E-state index is -1.62. The predicted octanol–water partition coefficient (Wildman–Crippen LogP) is 2.33. The van der Waals surface area contributed by atoms with Crippen LogP contribution in [-0.2, 0) is 73.8 Å². The van der Waals surface area contributed by atoms with E-state index in [0.717, 1.165) is 27.8 Å². The van der Waals surface area contributed by atoms with E-state index >= 15 is 9.59 Å². The fraction of sp³-hybridized carbons (Fsp3) is 0.769. The second-order valence-electron chi connectivity index (χ2n) is 26.9. The number of rotatable bonds is 16. The van der Waals surface area contributed by atoms with Crippen molar-refractivity contribution in [3.05, 3.63) is 25.6 Å². The fourth-order valence-electron chi connectivity index (χ4n) is 10.4. The zero-order valence-electron chi connectivity index (χ0n) is 60.1. The number of hydrogen-bond donors (Lipinski definition) is 5. The monoisotopic (exact) mass is 1460 g/mol. The van der Waals surface area contributed by atoms with E-state index in [0.29, 0.717) is 6.42 Å². The van der Waals surface area contributed by atoms with Crippen molar-refractivity contribution in [2.24, 2.45) is 35.5 Å². The molecule has 0 radical (unpaired) electrons. The fourth-order valence-corrected chi connectivity index (χ4v) is 10.4. The summed E-state index contributed by atoms with van der Waals surface area (Å²) in [5.74, 6) is -9.99. The third-order valence-corrected chi connectivity index (χ3v) is 16.2. The zero-order chi connectivity index (χ0) is 70.3. The molecule has 1 heterocycles. The van der Waals surface area contributed by atoms with Crippen LogP contribution in [0.25, 0.3) is 0 Å². The average Bonchev–Trinajstić information content (AvgIpc) is 1.09. The van der Waals surface area contributed by atoms with Gasteiger partial charge >= 0.3 is 21.1 Å². The molecule has 0 spiro atoms. The van der Waals surface area contributed by atoms with Gasteiger partial charge in [0.25, 0.3) is 0 Å². The molecule has 0 aromatic carbocycles. The number of aliphatic hydroxyl groups is 1. The first-order valence-corrected chi connectivity index (χ1v) is 31.8. The van der Waals surface area contributed by atoms with Crippen LogP contribution in [0.15, 0.2) is 12.2 Å². The molecule has 1 saturated heterocycles. The molecule has 0 aromatic heterocycles. The second-order valence-corrected chi connectivity index (χ2v) is 26.9. The number of allylic oxidation sites excluding steroid dienone is 2. The standard InChI is InChI=1S/C61H109N12O12.C4H10N.W/c1-25-27-28-39(13)51(75)50-55(79)64-42(26-2)57(81)67(18)33-47(74)68(19)46(32-66(16)17)54(78)65-48(37(9)10)60(84)69(20)43(29-34(3)4)53(77)62-40(14)52(76)63-41(15)56(80)70(21)44(30-35(5)6)58(82)71(22)45(31-36(7)8)59(83)72(23)49(38(11)12)61(85)73(50)24;1-4-5(2)3;/h25,27,33-46,48-51,75H,26,28-32H2,1-24H3,(H,62,77)(H,63,76)(H,64,79)(H,65,78);1,4H2,2-3H3;/q2*-1;+2/t39-,40+,41-,42+,43+,44+,45+,46+,48+,49+,50+,51-;;/m1../s1. The van der Waals surface area contributed by atoms with Crippen LogP contribution in [-0.4, -0.2) is 271 Å². The maximum atomic E-state index is 15.1. The Morgan fingerprint density at radius 2 is 0.945 bits per heavy atom. The molecule has 1 fully saturated rings. The van der Waals surface area contributed by atoms with E-state index in [4.69, 9.17) is 0 Å². The van der Waals surface area contributed by atoms with Gasteiger partial charge in [-0.1, -0.05) is 95.2 Å². The molecule has 11 amide bonds. The Hall–Kier alpha value is -5.65. The summed E-state index contributed by atoms with van der Waals surface area (Å²) in [7, 11) is 17.1. The molecule has 0 unspecified atom stereocenters. The summed E-state index contributed by atoms with van der Waals surface area (Å²) in [6.07, 6.45) is 2.81. The molecule has 5 N–H and O–H groups in total. The normalized spacial score (nSPS) is 25.6. The van der Waals surface area contributed by atoms with Crippen molar-refractivity contribution in [2.45, 2.75) is 202 Å². The summed E-state index contributed by atoms with van der Waals surface area (Å²) < 4.78 is 0. The van der Waals surface area contributed by atoms with Crippen molar-refractivity contribution >= 4 is 65.0 Å². The molecule has 0 saturated carbocycles. The predicted molar refractivity (Wildman–Crippen MR) is 351 cm³/mol. The van der Waals surface area contributed by atoms with E-state index in [2.05, 4.69) is 28.2 Å². The Morgan fingerprint density at radius 1 is 0.516 bits per heavy atom. The van der Waals surface area contributed by atoms with Gasteiger partial charge in [-0.2, -0.15) is 0 Å². The summed E-state index contributed by atoms with van der Waals surface area (Å²) >= 11 is 0.